The average molecular weight is 223 g/mol. The van der Waals surface area contributed by atoms with Crippen LogP contribution >= 0.6 is 0 Å². The molecule has 1 saturated heterocycles. The lowest BCUT2D eigenvalue weighted by Gasteiger charge is -2.47. The molecule has 0 aromatic rings. The Hall–Kier alpha value is -0.410. The largest absolute Gasteiger partial charge is 0.393 e. The first-order chi connectivity index (χ1) is 7.75. The standard InChI is InChI=1S/C13H21NO2/c15-12-5-1-3-10-8(12)7-9-11(14-10)4-2-6-13(9)16/h8-12,14-15H,1-7H2. The molecule has 3 rings (SSSR count). The van der Waals surface area contributed by atoms with Gasteiger partial charge in [0.15, 0.2) is 0 Å². The topological polar surface area (TPSA) is 49.3 Å². The average Bonchev–Trinajstić information content (AvgIpc) is 2.28. The van der Waals surface area contributed by atoms with E-state index in [0.29, 0.717) is 23.8 Å². The van der Waals surface area contributed by atoms with Gasteiger partial charge in [-0.1, -0.05) is 0 Å². The number of rotatable bonds is 0. The second-order valence-corrected chi connectivity index (χ2v) is 5.74. The molecular formula is C13H21NO2. The molecule has 90 valence electrons. The predicted octanol–water partition coefficient (Wildman–Crippen LogP) is 1.25. The Morgan fingerprint density at radius 3 is 2.81 bits per heavy atom. The summed E-state index contributed by atoms with van der Waals surface area (Å²) >= 11 is 0. The zero-order chi connectivity index (χ0) is 11.1. The number of aliphatic hydroxyl groups excluding tert-OH is 1. The maximum absolute atomic E-state index is 11.9. The van der Waals surface area contributed by atoms with Crippen molar-refractivity contribution in [3.63, 3.8) is 0 Å². The minimum Gasteiger partial charge on any atom is -0.393 e. The quantitative estimate of drug-likeness (QED) is 0.650. The maximum Gasteiger partial charge on any atom is 0.137 e. The Labute approximate surface area is 96.6 Å². The number of aliphatic hydroxyl groups is 1. The summed E-state index contributed by atoms with van der Waals surface area (Å²) in [7, 11) is 0. The molecular weight excluding hydrogens is 202 g/mol. The summed E-state index contributed by atoms with van der Waals surface area (Å²) in [5.74, 6) is 0.958. The Morgan fingerprint density at radius 1 is 1.12 bits per heavy atom. The van der Waals surface area contributed by atoms with E-state index in [9.17, 15) is 9.90 Å². The summed E-state index contributed by atoms with van der Waals surface area (Å²) in [5, 5.41) is 13.7. The fourth-order valence-electron chi connectivity index (χ4n) is 3.94. The summed E-state index contributed by atoms with van der Waals surface area (Å²) in [6, 6.07) is 0.878. The summed E-state index contributed by atoms with van der Waals surface area (Å²) in [5.41, 5.74) is 0. The molecule has 3 fully saturated rings. The van der Waals surface area contributed by atoms with E-state index in [1.165, 1.54) is 6.42 Å². The summed E-state index contributed by atoms with van der Waals surface area (Å²) < 4.78 is 0. The van der Waals surface area contributed by atoms with E-state index in [1.54, 1.807) is 0 Å². The van der Waals surface area contributed by atoms with Crippen molar-refractivity contribution in [2.75, 3.05) is 0 Å². The van der Waals surface area contributed by atoms with E-state index >= 15 is 0 Å². The van der Waals surface area contributed by atoms with Crippen molar-refractivity contribution < 1.29 is 9.90 Å². The van der Waals surface area contributed by atoms with Gasteiger partial charge in [-0.05, 0) is 38.5 Å². The van der Waals surface area contributed by atoms with Gasteiger partial charge in [0.2, 0.25) is 0 Å². The molecule has 5 unspecified atom stereocenters. The van der Waals surface area contributed by atoms with Gasteiger partial charge in [-0.3, -0.25) is 4.79 Å². The van der Waals surface area contributed by atoms with Crippen LogP contribution in [0.3, 0.4) is 0 Å². The Morgan fingerprint density at radius 2 is 1.94 bits per heavy atom. The second-order valence-electron chi connectivity index (χ2n) is 5.74. The van der Waals surface area contributed by atoms with Gasteiger partial charge in [-0.25, -0.2) is 0 Å². The van der Waals surface area contributed by atoms with Gasteiger partial charge >= 0.3 is 0 Å². The zero-order valence-corrected chi connectivity index (χ0v) is 9.69. The number of hydrogen-bond donors (Lipinski definition) is 2. The van der Waals surface area contributed by atoms with Crippen molar-refractivity contribution in [3.8, 4) is 0 Å². The fraction of sp³-hybridized carbons (Fsp3) is 0.923. The van der Waals surface area contributed by atoms with Gasteiger partial charge in [0.25, 0.3) is 0 Å². The zero-order valence-electron chi connectivity index (χ0n) is 9.69. The molecule has 0 bridgehead atoms. The lowest BCUT2D eigenvalue weighted by atomic mass is 9.68. The second kappa shape index (κ2) is 4.11. The van der Waals surface area contributed by atoms with E-state index in [2.05, 4.69) is 5.32 Å². The smallest absolute Gasteiger partial charge is 0.137 e. The normalized spacial score (nSPS) is 48.3. The van der Waals surface area contributed by atoms with Crippen molar-refractivity contribution in [1.29, 1.82) is 0 Å². The van der Waals surface area contributed by atoms with E-state index < -0.39 is 0 Å². The molecule has 2 aliphatic carbocycles. The molecule has 0 amide bonds. The minimum absolute atomic E-state index is 0.179. The van der Waals surface area contributed by atoms with Crippen LogP contribution in [0.25, 0.3) is 0 Å². The molecule has 16 heavy (non-hydrogen) atoms. The highest BCUT2D eigenvalue weighted by Crippen LogP contribution is 2.39. The molecule has 0 radical (unpaired) electrons. The first-order valence-electron chi connectivity index (χ1n) is 6.72. The van der Waals surface area contributed by atoms with Crippen LogP contribution in [0.4, 0.5) is 0 Å². The molecule has 2 saturated carbocycles. The first kappa shape index (κ1) is 10.7. The fourth-order valence-corrected chi connectivity index (χ4v) is 3.94. The van der Waals surface area contributed by atoms with Crippen molar-refractivity contribution in [2.45, 2.75) is 63.1 Å². The van der Waals surface area contributed by atoms with Crippen molar-refractivity contribution >= 4 is 5.78 Å². The van der Waals surface area contributed by atoms with E-state index in [-0.39, 0.29) is 12.0 Å². The van der Waals surface area contributed by atoms with Crippen molar-refractivity contribution in [1.82, 2.24) is 5.32 Å². The highest BCUT2D eigenvalue weighted by atomic mass is 16.3. The lowest BCUT2D eigenvalue weighted by Crippen LogP contribution is -2.59. The van der Waals surface area contributed by atoms with Crippen LogP contribution in [0.15, 0.2) is 0 Å². The highest BCUT2D eigenvalue weighted by molar-refractivity contribution is 5.82. The molecule has 2 N–H and O–H groups in total. The number of carbonyl (C=O) groups is 1. The third kappa shape index (κ3) is 1.70. The summed E-state index contributed by atoms with van der Waals surface area (Å²) in [6.45, 7) is 0. The Balaban J connectivity index is 1.77. The lowest BCUT2D eigenvalue weighted by molar-refractivity contribution is -0.129. The van der Waals surface area contributed by atoms with Crippen LogP contribution < -0.4 is 5.32 Å². The summed E-state index contributed by atoms with van der Waals surface area (Å²) in [4.78, 5) is 11.9. The maximum atomic E-state index is 11.9. The van der Waals surface area contributed by atoms with E-state index in [0.717, 1.165) is 38.5 Å². The molecule has 5 atom stereocenters. The molecule has 3 nitrogen and oxygen atoms in total. The van der Waals surface area contributed by atoms with Crippen LogP contribution in [0.5, 0.6) is 0 Å². The molecule has 3 heteroatoms. The molecule has 0 aromatic heterocycles. The molecule has 3 aliphatic rings. The van der Waals surface area contributed by atoms with Crippen LogP contribution in [0, 0.1) is 11.8 Å². The van der Waals surface area contributed by atoms with Crippen LogP contribution in [-0.4, -0.2) is 29.1 Å². The van der Waals surface area contributed by atoms with Gasteiger partial charge in [0.05, 0.1) is 6.10 Å². The Bertz CT molecular complexity index is 292. The van der Waals surface area contributed by atoms with Gasteiger partial charge in [-0.15, -0.1) is 0 Å². The minimum atomic E-state index is -0.179. The predicted molar refractivity (Wildman–Crippen MR) is 61.0 cm³/mol. The number of fused-ring (bicyclic) bond motifs is 2. The molecule has 1 aliphatic heterocycles. The number of Topliss-reactive ketones (excluding diaryl/α,β-unsaturated/α-hetero) is 1. The van der Waals surface area contributed by atoms with Gasteiger partial charge in [0, 0.05) is 30.3 Å². The molecule has 1 heterocycles. The highest BCUT2D eigenvalue weighted by Gasteiger charge is 2.44. The number of carbonyl (C=O) groups excluding carboxylic acids is 1. The summed E-state index contributed by atoms with van der Waals surface area (Å²) in [6.07, 6.45) is 6.94. The van der Waals surface area contributed by atoms with E-state index in [1.807, 2.05) is 0 Å². The van der Waals surface area contributed by atoms with E-state index in [4.69, 9.17) is 0 Å². The monoisotopic (exact) mass is 223 g/mol. The van der Waals surface area contributed by atoms with Crippen LogP contribution in [0.2, 0.25) is 0 Å². The van der Waals surface area contributed by atoms with Crippen LogP contribution in [0.1, 0.15) is 44.9 Å². The first-order valence-corrected chi connectivity index (χ1v) is 6.72. The van der Waals surface area contributed by atoms with Crippen LogP contribution in [-0.2, 0) is 4.79 Å². The number of ketones is 1. The third-order valence-electron chi connectivity index (χ3n) is 4.82. The number of nitrogens with one attached hydrogen (secondary N) is 1. The van der Waals surface area contributed by atoms with Crippen molar-refractivity contribution in [3.05, 3.63) is 0 Å². The van der Waals surface area contributed by atoms with Gasteiger partial charge in [-0.2, -0.15) is 0 Å². The Kier molecular flexibility index (Phi) is 2.76. The van der Waals surface area contributed by atoms with Crippen molar-refractivity contribution in [2.24, 2.45) is 11.8 Å². The SMILES string of the molecule is O=C1CCCC2NC3CCCC(O)C3CC12. The van der Waals surface area contributed by atoms with Gasteiger partial charge < -0.3 is 10.4 Å². The molecule has 0 spiro atoms. The number of piperidine rings is 1. The van der Waals surface area contributed by atoms with Gasteiger partial charge in [0.1, 0.15) is 5.78 Å². The molecule has 0 aromatic carbocycles. The third-order valence-corrected chi connectivity index (χ3v) is 4.82. The number of hydrogen-bond acceptors (Lipinski definition) is 3.